The predicted molar refractivity (Wildman–Crippen MR) is 99.1 cm³/mol. The number of terminal acetylenes is 1. The number of nitrogens with one attached hydrogen (secondary N) is 1. The van der Waals surface area contributed by atoms with E-state index in [1.807, 2.05) is 13.8 Å². The quantitative estimate of drug-likeness (QED) is 0.706. The average Bonchev–Trinajstić information content (AvgIpc) is 2.98. The van der Waals surface area contributed by atoms with Crippen LogP contribution in [0, 0.1) is 26.2 Å². The predicted octanol–water partition coefficient (Wildman–Crippen LogP) is 4.10. The molecule has 0 aliphatic carbocycles. The van der Waals surface area contributed by atoms with E-state index in [2.05, 4.69) is 16.4 Å². The molecule has 0 aliphatic rings. The summed E-state index contributed by atoms with van der Waals surface area (Å²) >= 11 is 0. The molecule has 0 fully saturated rings. The highest BCUT2D eigenvalue weighted by Crippen LogP contribution is 2.19. The minimum atomic E-state index is -0.234. The zero-order chi connectivity index (χ0) is 18.5. The molecule has 1 amide bonds. The maximum Gasteiger partial charge on any atom is 0.255 e. The lowest BCUT2D eigenvalue weighted by Crippen LogP contribution is -2.12. The van der Waals surface area contributed by atoms with Gasteiger partial charge >= 0.3 is 0 Å². The Hall–Kier alpha value is -3.52. The van der Waals surface area contributed by atoms with Crippen LogP contribution in [-0.4, -0.2) is 11.1 Å². The van der Waals surface area contributed by atoms with Crippen LogP contribution < -0.4 is 10.1 Å². The van der Waals surface area contributed by atoms with Crippen molar-refractivity contribution in [2.45, 2.75) is 20.5 Å². The molecule has 2 aromatic carbocycles. The van der Waals surface area contributed by atoms with Crippen molar-refractivity contribution in [3.8, 4) is 18.1 Å². The van der Waals surface area contributed by atoms with Crippen molar-refractivity contribution in [1.82, 2.24) is 5.16 Å². The lowest BCUT2D eigenvalue weighted by Gasteiger charge is -2.09. The number of carbonyl (C=O) groups is 1. The molecule has 0 saturated heterocycles. The second kappa shape index (κ2) is 7.58. The fourth-order valence-corrected chi connectivity index (χ4v) is 2.48. The molecule has 0 radical (unpaired) electrons. The number of hydrogen-bond acceptors (Lipinski definition) is 4. The molecule has 3 aromatic rings. The minimum Gasteiger partial charge on any atom is -0.489 e. The molecule has 0 atom stereocenters. The average molecular weight is 346 g/mol. The lowest BCUT2D eigenvalue weighted by molar-refractivity contribution is 0.102. The summed E-state index contributed by atoms with van der Waals surface area (Å²) in [5.74, 6) is 3.63. The zero-order valence-electron chi connectivity index (χ0n) is 14.6. The van der Waals surface area contributed by atoms with E-state index in [0.717, 1.165) is 17.0 Å². The van der Waals surface area contributed by atoms with Crippen molar-refractivity contribution in [2.24, 2.45) is 0 Å². The Labute approximate surface area is 152 Å². The minimum absolute atomic E-state index is 0.234. The summed E-state index contributed by atoms with van der Waals surface area (Å²) < 4.78 is 10.9. The van der Waals surface area contributed by atoms with Crippen molar-refractivity contribution in [2.75, 3.05) is 5.32 Å². The lowest BCUT2D eigenvalue weighted by atomic mass is 10.1. The number of benzene rings is 2. The summed E-state index contributed by atoms with van der Waals surface area (Å²) in [6, 6.07) is 14.1. The summed E-state index contributed by atoms with van der Waals surface area (Å²) in [5, 5.41) is 6.74. The van der Waals surface area contributed by atoms with Crippen LogP contribution >= 0.6 is 0 Å². The van der Waals surface area contributed by atoms with Gasteiger partial charge in [0.05, 0.1) is 11.3 Å². The van der Waals surface area contributed by atoms with Crippen molar-refractivity contribution < 1.29 is 14.1 Å². The van der Waals surface area contributed by atoms with E-state index in [-0.39, 0.29) is 5.91 Å². The number of ether oxygens (including phenoxy) is 1. The number of aryl methyl sites for hydroxylation is 2. The smallest absolute Gasteiger partial charge is 0.255 e. The first-order valence-corrected chi connectivity index (χ1v) is 8.09. The Bertz CT molecular complexity index is 963. The van der Waals surface area contributed by atoms with Gasteiger partial charge in [-0.1, -0.05) is 23.2 Å². The van der Waals surface area contributed by atoms with E-state index in [9.17, 15) is 4.79 Å². The van der Waals surface area contributed by atoms with E-state index in [0.29, 0.717) is 29.2 Å². The first kappa shape index (κ1) is 17.3. The number of carbonyl (C=O) groups excluding carboxylic acids is 1. The van der Waals surface area contributed by atoms with Crippen molar-refractivity contribution in [1.29, 1.82) is 0 Å². The van der Waals surface area contributed by atoms with Crippen molar-refractivity contribution in [3.05, 3.63) is 76.7 Å². The van der Waals surface area contributed by atoms with Gasteiger partial charge in [-0.2, -0.15) is 0 Å². The third-order valence-corrected chi connectivity index (χ3v) is 3.95. The SMILES string of the molecule is C#Cc1cccc(NC(=O)c2cccc(OCc3c(C)noc3C)c2)c1. The van der Waals surface area contributed by atoms with Gasteiger partial charge in [0, 0.05) is 16.8 Å². The van der Waals surface area contributed by atoms with E-state index >= 15 is 0 Å². The molecule has 0 unspecified atom stereocenters. The Morgan fingerprint density at radius 3 is 2.77 bits per heavy atom. The van der Waals surface area contributed by atoms with Gasteiger partial charge < -0.3 is 14.6 Å². The number of rotatable bonds is 5. The molecule has 1 N–H and O–H groups in total. The fourth-order valence-electron chi connectivity index (χ4n) is 2.48. The van der Waals surface area contributed by atoms with Crippen LogP contribution in [0.5, 0.6) is 5.75 Å². The number of nitrogens with zero attached hydrogens (tertiary/aromatic N) is 1. The Morgan fingerprint density at radius 2 is 2.04 bits per heavy atom. The molecule has 0 bridgehead atoms. The molecule has 1 heterocycles. The molecule has 3 rings (SSSR count). The maximum absolute atomic E-state index is 12.5. The Morgan fingerprint density at radius 1 is 1.23 bits per heavy atom. The molecule has 0 aliphatic heterocycles. The van der Waals surface area contributed by atoms with Crippen LogP contribution in [0.1, 0.15) is 32.9 Å². The Balaban J connectivity index is 1.70. The molecule has 1 aromatic heterocycles. The van der Waals surface area contributed by atoms with Crippen LogP contribution in [0.4, 0.5) is 5.69 Å². The fraction of sp³-hybridized carbons (Fsp3) is 0.143. The monoisotopic (exact) mass is 346 g/mol. The second-order valence-electron chi connectivity index (χ2n) is 5.80. The first-order valence-electron chi connectivity index (χ1n) is 8.09. The summed E-state index contributed by atoms with van der Waals surface area (Å²) in [5.41, 5.74) is 3.55. The number of hydrogen-bond donors (Lipinski definition) is 1. The van der Waals surface area contributed by atoms with E-state index in [1.54, 1.807) is 48.5 Å². The second-order valence-corrected chi connectivity index (χ2v) is 5.80. The number of amides is 1. The zero-order valence-corrected chi connectivity index (χ0v) is 14.6. The summed E-state index contributed by atoms with van der Waals surface area (Å²) in [7, 11) is 0. The van der Waals surface area contributed by atoms with E-state index in [4.69, 9.17) is 15.7 Å². The summed E-state index contributed by atoms with van der Waals surface area (Å²) in [6.45, 7) is 4.03. The molecule has 5 nitrogen and oxygen atoms in total. The highest BCUT2D eigenvalue weighted by molar-refractivity contribution is 6.04. The molecule has 0 saturated carbocycles. The van der Waals surface area contributed by atoms with Gasteiger partial charge in [0.15, 0.2) is 0 Å². The van der Waals surface area contributed by atoms with Crippen LogP contribution in [0.2, 0.25) is 0 Å². The molecular weight excluding hydrogens is 328 g/mol. The third-order valence-electron chi connectivity index (χ3n) is 3.95. The standard InChI is InChI=1S/C21H18N2O3/c1-4-16-7-5-9-18(11-16)22-21(24)17-8-6-10-19(12-17)25-13-20-14(2)23-26-15(20)3/h1,5-12H,13H2,2-3H3,(H,22,24). The van der Waals surface area contributed by atoms with Crippen molar-refractivity contribution >= 4 is 11.6 Å². The van der Waals surface area contributed by atoms with E-state index < -0.39 is 0 Å². The highest BCUT2D eigenvalue weighted by Gasteiger charge is 2.11. The third kappa shape index (κ3) is 3.93. The van der Waals surface area contributed by atoms with Crippen LogP contribution in [0.3, 0.4) is 0 Å². The molecule has 130 valence electrons. The summed E-state index contributed by atoms with van der Waals surface area (Å²) in [6.07, 6.45) is 5.38. The van der Waals surface area contributed by atoms with Crippen LogP contribution in [0.15, 0.2) is 53.1 Å². The molecular formula is C21H18N2O3. The van der Waals surface area contributed by atoms with Crippen LogP contribution in [0.25, 0.3) is 0 Å². The normalized spacial score (nSPS) is 10.2. The van der Waals surface area contributed by atoms with E-state index in [1.165, 1.54) is 0 Å². The first-order chi connectivity index (χ1) is 12.6. The molecule has 0 spiro atoms. The number of anilines is 1. The van der Waals surface area contributed by atoms with Gasteiger partial charge in [-0.05, 0) is 50.2 Å². The largest absolute Gasteiger partial charge is 0.489 e. The highest BCUT2D eigenvalue weighted by atomic mass is 16.5. The van der Waals surface area contributed by atoms with Gasteiger partial charge in [-0.3, -0.25) is 4.79 Å². The van der Waals surface area contributed by atoms with Crippen LogP contribution in [-0.2, 0) is 6.61 Å². The number of aromatic nitrogens is 1. The summed E-state index contributed by atoms with van der Waals surface area (Å²) in [4.78, 5) is 12.5. The molecule has 5 heteroatoms. The van der Waals surface area contributed by atoms with Gasteiger partial charge in [-0.25, -0.2) is 0 Å². The van der Waals surface area contributed by atoms with Gasteiger partial charge in [0.2, 0.25) is 0 Å². The topological polar surface area (TPSA) is 64.4 Å². The maximum atomic E-state index is 12.5. The molecule has 26 heavy (non-hydrogen) atoms. The van der Waals surface area contributed by atoms with Gasteiger partial charge in [-0.15, -0.1) is 6.42 Å². The van der Waals surface area contributed by atoms with Gasteiger partial charge in [0.25, 0.3) is 5.91 Å². The van der Waals surface area contributed by atoms with Crippen molar-refractivity contribution in [3.63, 3.8) is 0 Å². The Kier molecular flexibility index (Phi) is 5.04. The van der Waals surface area contributed by atoms with Gasteiger partial charge in [0.1, 0.15) is 18.1 Å².